The van der Waals surface area contributed by atoms with E-state index in [-0.39, 0.29) is 24.4 Å². The molecule has 1 nitrogen and oxygen atoms in total. The number of ether oxygens (including phenoxy) is 1. The quantitative estimate of drug-likeness (QED) is 0.589. The SMILES string of the molecule is C=C/C(=C/C)Oc1c(C)cc(F)cc1C.[V]. The Morgan fingerprint density at radius 1 is 1.31 bits per heavy atom. The van der Waals surface area contributed by atoms with Gasteiger partial charge in [-0.3, -0.25) is 0 Å². The van der Waals surface area contributed by atoms with E-state index < -0.39 is 0 Å². The monoisotopic (exact) mass is 257 g/mol. The van der Waals surface area contributed by atoms with Crippen LogP contribution in [-0.2, 0) is 18.6 Å². The fraction of sp³-hybridized carbons (Fsp3) is 0.231. The molecule has 0 aliphatic rings. The molecular formula is C13H15FOV. The summed E-state index contributed by atoms with van der Waals surface area (Å²) in [5.74, 6) is 1.13. The topological polar surface area (TPSA) is 9.23 Å². The van der Waals surface area contributed by atoms with Gasteiger partial charge in [0, 0.05) is 18.6 Å². The van der Waals surface area contributed by atoms with Gasteiger partial charge in [-0.15, -0.1) is 0 Å². The molecule has 0 spiro atoms. The molecule has 0 N–H and O–H groups in total. The van der Waals surface area contributed by atoms with Crippen molar-refractivity contribution < 1.29 is 27.7 Å². The minimum absolute atomic E-state index is 0. The molecule has 0 aliphatic carbocycles. The molecule has 0 fully saturated rings. The maximum atomic E-state index is 13.0. The van der Waals surface area contributed by atoms with Crippen molar-refractivity contribution in [2.75, 3.05) is 0 Å². The summed E-state index contributed by atoms with van der Waals surface area (Å²) in [5.41, 5.74) is 1.57. The van der Waals surface area contributed by atoms with Crippen LogP contribution in [0.3, 0.4) is 0 Å². The van der Waals surface area contributed by atoms with E-state index in [0.717, 1.165) is 11.1 Å². The van der Waals surface area contributed by atoms with Crippen molar-refractivity contribution in [3.05, 3.63) is 53.6 Å². The van der Waals surface area contributed by atoms with Crippen molar-refractivity contribution in [1.82, 2.24) is 0 Å². The van der Waals surface area contributed by atoms with E-state index in [1.54, 1.807) is 6.08 Å². The van der Waals surface area contributed by atoms with Crippen LogP contribution in [0.4, 0.5) is 4.39 Å². The van der Waals surface area contributed by atoms with E-state index in [4.69, 9.17) is 4.74 Å². The van der Waals surface area contributed by atoms with E-state index in [2.05, 4.69) is 6.58 Å². The molecule has 0 aromatic heterocycles. The summed E-state index contributed by atoms with van der Waals surface area (Å²) < 4.78 is 18.6. The number of rotatable bonds is 3. The molecule has 0 unspecified atom stereocenters. The van der Waals surface area contributed by atoms with Gasteiger partial charge in [0.15, 0.2) is 0 Å². The van der Waals surface area contributed by atoms with Gasteiger partial charge in [0.2, 0.25) is 0 Å². The zero-order valence-electron chi connectivity index (χ0n) is 9.75. The number of hydrogen-bond donors (Lipinski definition) is 0. The number of benzene rings is 1. The maximum absolute atomic E-state index is 13.0. The summed E-state index contributed by atoms with van der Waals surface area (Å²) in [5, 5.41) is 0. The maximum Gasteiger partial charge on any atom is 0.133 e. The van der Waals surface area contributed by atoms with Crippen molar-refractivity contribution >= 4 is 0 Å². The van der Waals surface area contributed by atoms with Crippen molar-refractivity contribution in [2.45, 2.75) is 20.8 Å². The van der Waals surface area contributed by atoms with E-state index in [0.29, 0.717) is 11.5 Å². The van der Waals surface area contributed by atoms with Gasteiger partial charge in [0.25, 0.3) is 0 Å². The Kier molecular flexibility index (Phi) is 6.16. The summed E-state index contributed by atoms with van der Waals surface area (Å²) in [6.07, 6.45) is 3.44. The average Bonchev–Trinajstić information content (AvgIpc) is 2.17. The molecule has 16 heavy (non-hydrogen) atoms. The first-order chi connectivity index (χ1) is 7.08. The van der Waals surface area contributed by atoms with Crippen LogP contribution >= 0.6 is 0 Å². The van der Waals surface area contributed by atoms with Crippen molar-refractivity contribution in [2.24, 2.45) is 0 Å². The number of allylic oxidation sites excluding steroid dienone is 2. The standard InChI is InChI=1S/C13H15FO.V/c1-5-12(6-2)15-13-9(3)7-11(14)8-10(13)4;/h5-8H,1H2,2-4H3;/b12-6-;. The Balaban J connectivity index is 0.00000225. The van der Waals surface area contributed by atoms with Crippen LogP contribution in [0.15, 0.2) is 36.6 Å². The molecule has 0 amide bonds. The Bertz CT molecular complexity index is 387. The zero-order chi connectivity index (χ0) is 11.4. The summed E-state index contributed by atoms with van der Waals surface area (Å²) in [4.78, 5) is 0. The van der Waals surface area contributed by atoms with Gasteiger partial charge in [-0.25, -0.2) is 4.39 Å². The van der Waals surface area contributed by atoms with Gasteiger partial charge in [-0.1, -0.05) is 6.58 Å². The van der Waals surface area contributed by atoms with Crippen molar-refractivity contribution in [3.63, 3.8) is 0 Å². The van der Waals surface area contributed by atoms with E-state index in [9.17, 15) is 4.39 Å². The van der Waals surface area contributed by atoms with Crippen LogP contribution in [-0.4, -0.2) is 0 Å². The first-order valence-corrected chi connectivity index (χ1v) is 4.81. The zero-order valence-corrected chi connectivity index (χ0v) is 11.1. The largest absolute Gasteiger partial charge is 0.457 e. The normalized spacial score (nSPS) is 10.6. The number of aryl methyl sites for hydroxylation is 2. The van der Waals surface area contributed by atoms with Gasteiger partial charge in [-0.2, -0.15) is 0 Å². The van der Waals surface area contributed by atoms with E-state index in [1.165, 1.54) is 12.1 Å². The molecule has 85 valence electrons. The van der Waals surface area contributed by atoms with Crippen molar-refractivity contribution in [3.8, 4) is 5.75 Å². The van der Waals surface area contributed by atoms with Gasteiger partial charge < -0.3 is 4.74 Å². The van der Waals surface area contributed by atoms with Gasteiger partial charge in [-0.05, 0) is 56.2 Å². The third kappa shape index (κ3) is 3.55. The molecule has 3 heteroatoms. The summed E-state index contributed by atoms with van der Waals surface area (Å²) in [7, 11) is 0. The minimum atomic E-state index is -0.238. The molecular weight excluding hydrogens is 242 g/mol. The molecule has 1 radical (unpaired) electrons. The number of hydrogen-bond acceptors (Lipinski definition) is 1. The minimum Gasteiger partial charge on any atom is -0.457 e. The van der Waals surface area contributed by atoms with Crippen LogP contribution in [0.2, 0.25) is 0 Å². The predicted octanol–water partition coefficient (Wildman–Crippen LogP) is 3.91. The fourth-order valence-electron chi connectivity index (χ4n) is 1.39. The smallest absolute Gasteiger partial charge is 0.133 e. The molecule has 0 saturated heterocycles. The molecule has 1 aromatic rings. The fourth-order valence-corrected chi connectivity index (χ4v) is 1.39. The third-order valence-electron chi connectivity index (χ3n) is 2.13. The van der Waals surface area contributed by atoms with Gasteiger partial charge in [0.05, 0.1) is 0 Å². The van der Waals surface area contributed by atoms with Gasteiger partial charge >= 0.3 is 0 Å². The van der Waals surface area contributed by atoms with Crippen LogP contribution in [0, 0.1) is 19.7 Å². The summed E-state index contributed by atoms with van der Waals surface area (Å²) in [6, 6.07) is 2.91. The van der Waals surface area contributed by atoms with E-state index in [1.807, 2.05) is 26.8 Å². The van der Waals surface area contributed by atoms with Crippen LogP contribution in [0.5, 0.6) is 5.75 Å². The van der Waals surface area contributed by atoms with Crippen molar-refractivity contribution in [1.29, 1.82) is 0 Å². The second-order valence-electron chi connectivity index (χ2n) is 3.37. The van der Waals surface area contributed by atoms with Crippen LogP contribution in [0.1, 0.15) is 18.1 Å². The average molecular weight is 257 g/mol. The van der Waals surface area contributed by atoms with Crippen LogP contribution < -0.4 is 4.74 Å². The Morgan fingerprint density at radius 3 is 2.19 bits per heavy atom. The number of halogens is 1. The molecule has 0 aliphatic heterocycles. The summed E-state index contributed by atoms with van der Waals surface area (Å²) in [6.45, 7) is 9.15. The molecule has 0 atom stereocenters. The predicted molar refractivity (Wildman–Crippen MR) is 60.5 cm³/mol. The Labute approximate surface area is 108 Å². The molecule has 1 rings (SSSR count). The third-order valence-corrected chi connectivity index (χ3v) is 2.13. The molecule has 1 aromatic carbocycles. The summed E-state index contributed by atoms with van der Waals surface area (Å²) >= 11 is 0. The second-order valence-corrected chi connectivity index (χ2v) is 3.37. The Hall–Kier alpha value is -0.986. The van der Waals surface area contributed by atoms with Crippen LogP contribution in [0.25, 0.3) is 0 Å². The molecule has 0 saturated carbocycles. The van der Waals surface area contributed by atoms with E-state index >= 15 is 0 Å². The molecule has 0 bridgehead atoms. The second kappa shape index (κ2) is 6.57. The van der Waals surface area contributed by atoms with Gasteiger partial charge in [0.1, 0.15) is 17.3 Å². The first-order valence-electron chi connectivity index (χ1n) is 4.81. The Morgan fingerprint density at radius 2 is 1.81 bits per heavy atom. The molecule has 0 heterocycles. The first kappa shape index (κ1) is 15.0.